The first kappa shape index (κ1) is 15.5. The van der Waals surface area contributed by atoms with E-state index in [2.05, 4.69) is 52.3 Å². The van der Waals surface area contributed by atoms with Gasteiger partial charge in [0.2, 0.25) is 0 Å². The summed E-state index contributed by atoms with van der Waals surface area (Å²) >= 11 is 9.91. The zero-order valence-corrected chi connectivity index (χ0v) is 14.3. The number of halogens is 2. The Kier molecular flexibility index (Phi) is 5.24. The van der Waals surface area contributed by atoms with Gasteiger partial charge in [0.1, 0.15) is 0 Å². The molecule has 0 fully saturated rings. The molecular weight excluding hydrogens is 338 g/mol. The first-order valence-corrected chi connectivity index (χ1v) is 7.91. The Morgan fingerprint density at radius 3 is 2.75 bits per heavy atom. The normalized spacial score (nSPS) is 12.7. The Morgan fingerprint density at radius 2 is 2.10 bits per heavy atom. The zero-order valence-electron chi connectivity index (χ0n) is 12.0. The largest absolute Gasteiger partial charge is 0.304 e. The molecule has 3 nitrogen and oxygen atoms in total. The van der Waals surface area contributed by atoms with E-state index in [-0.39, 0.29) is 6.04 Å². The highest BCUT2D eigenvalue weighted by atomic mass is 79.9. The van der Waals surface area contributed by atoms with Crippen LogP contribution in [-0.2, 0) is 13.1 Å². The van der Waals surface area contributed by atoms with Crippen molar-refractivity contribution in [2.24, 2.45) is 0 Å². The highest BCUT2D eigenvalue weighted by Crippen LogP contribution is 2.24. The van der Waals surface area contributed by atoms with Gasteiger partial charge in [0.15, 0.2) is 0 Å². The molecule has 108 valence electrons. The van der Waals surface area contributed by atoms with Crippen LogP contribution in [0.1, 0.15) is 36.8 Å². The highest BCUT2D eigenvalue weighted by Gasteiger charge is 2.14. The topological polar surface area (TPSA) is 29.9 Å². The van der Waals surface area contributed by atoms with Gasteiger partial charge < -0.3 is 5.32 Å². The Hall–Kier alpha value is -0.840. The molecule has 1 aromatic heterocycles. The summed E-state index contributed by atoms with van der Waals surface area (Å²) in [5.41, 5.74) is 3.17. The quantitative estimate of drug-likeness (QED) is 0.856. The van der Waals surface area contributed by atoms with Crippen LogP contribution in [0.15, 0.2) is 28.7 Å². The van der Waals surface area contributed by atoms with Crippen LogP contribution in [0.4, 0.5) is 0 Å². The Bertz CT molecular complexity index is 595. The van der Waals surface area contributed by atoms with Crippen molar-refractivity contribution in [1.29, 1.82) is 0 Å². The van der Waals surface area contributed by atoms with E-state index in [0.29, 0.717) is 6.54 Å². The molecule has 0 bridgehead atoms. The van der Waals surface area contributed by atoms with E-state index in [9.17, 15) is 0 Å². The predicted molar refractivity (Wildman–Crippen MR) is 87.0 cm³/mol. The van der Waals surface area contributed by atoms with Crippen molar-refractivity contribution in [1.82, 2.24) is 15.1 Å². The van der Waals surface area contributed by atoms with Crippen LogP contribution in [0.25, 0.3) is 0 Å². The van der Waals surface area contributed by atoms with Crippen LogP contribution in [0.3, 0.4) is 0 Å². The van der Waals surface area contributed by atoms with Crippen LogP contribution in [0.5, 0.6) is 0 Å². The van der Waals surface area contributed by atoms with Gasteiger partial charge >= 0.3 is 0 Å². The second kappa shape index (κ2) is 6.74. The van der Waals surface area contributed by atoms with E-state index in [1.807, 2.05) is 23.7 Å². The number of benzene rings is 1. The number of hydrogen-bond donors (Lipinski definition) is 1. The smallest absolute Gasteiger partial charge is 0.0860 e. The fourth-order valence-electron chi connectivity index (χ4n) is 2.22. The lowest BCUT2D eigenvalue weighted by Gasteiger charge is -2.16. The number of nitrogens with one attached hydrogen (secondary N) is 1. The number of aromatic nitrogens is 2. The van der Waals surface area contributed by atoms with Crippen LogP contribution in [-0.4, -0.2) is 9.78 Å². The molecule has 0 aliphatic rings. The maximum absolute atomic E-state index is 6.32. The lowest BCUT2D eigenvalue weighted by Crippen LogP contribution is -2.20. The second-order valence-electron chi connectivity index (χ2n) is 4.79. The van der Waals surface area contributed by atoms with Gasteiger partial charge in [-0.15, -0.1) is 0 Å². The third kappa shape index (κ3) is 3.25. The molecule has 0 unspecified atom stereocenters. The van der Waals surface area contributed by atoms with Crippen LogP contribution in [0, 0.1) is 6.92 Å². The van der Waals surface area contributed by atoms with Crippen molar-refractivity contribution < 1.29 is 0 Å². The first-order chi connectivity index (χ1) is 9.54. The van der Waals surface area contributed by atoms with E-state index in [1.165, 1.54) is 5.56 Å². The Labute approximate surface area is 133 Å². The van der Waals surface area contributed by atoms with Gasteiger partial charge in [0.05, 0.1) is 16.4 Å². The number of hydrogen-bond acceptors (Lipinski definition) is 2. The minimum atomic E-state index is 0.238. The summed E-state index contributed by atoms with van der Waals surface area (Å²) < 4.78 is 3.07. The molecule has 1 heterocycles. The van der Waals surface area contributed by atoms with E-state index < -0.39 is 0 Å². The fraction of sp³-hybridized carbons (Fsp3) is 0.400. The van der Waals surface area contributed by atoms with Gasteiger partial charge in [0, 0.05) is 23.6 Å². The van der Waals surface area contributed by atoms with Gasteiger partial charge in [0.25, 0.3) is 0 Å². The SMILES string of the molecule is CCn1nc(C)c(Cl)c1CN[C@H](C)c1ccccc1Br. The number of aryl methyl sites for hydroxylation is 2. The summed E-state index contributed by atoms with van der Waals surface area (Å²) in [6.07, 6.45) is 0. The summed E-state index contributed by atoms with van der Waals surface area (Å²) in [6, 6.07) is 8.48. The maximum atomic E-state index is 6.32. The van der Waals surface area contributed by atoms with Crippen LogP contribution >= 0.6 is 27.5 Å². The monoisotopic (exact) mass is 355 g/mol. The Morgan fingerprint density at radius 1 is 1.40 bits per heavy atom. The fourth-order valence-corrected chi connectivity index (χ4v) is 3.05. The first-order valence-electron chi connectivity index (χ1n) is 6.74. The Balaban J connectivity index is 2.11. The van der Waals surface area contributed by atoms with Crippen molar-refractivity contribution in [2.45, 2.75) is 39.9 Å². The summed E-state index contributed by atoms with van der Waals surface area (Å²) in [6.45, 7) is 7.69. The summed E-state index contributed by atoms with van der Waals surface area (Å²) in [5, 5.41) is 8.70. The summed E-state index contributed by atoms with van der Waals surface area (Å²) in [7, 11) is 0. The number of nitrogens with zero attached hydrogens (tertiary/aromatic N) is 2. The molecule has 20 heavy (non-hydrogen) atoms. The van der Waals surface area contributed by atoms with Gasteiger partial charge in [-0.05, 0) is 32.4 Å². The van der Waals surface area contributed by atoms with Crippen molar-refractivity contribution in [3.8, 4) is 0 Å². The molecule has 1 N–H and O–H groups in total. The maximum Gasteiger partial charge on any atom is 0.0860 e. The minimum absolute atomic E-state index is 0.238. The molecule has 2 aromatic rings. The lowest BCUT2D eigenvalue weighted by molar-refractivity contribution is 0.530. The van der Waals surface area contributed by atoms with Gasteiger partial charge in [-0.1, -0.05) is 45.7 Å². The van der Waals surface area contributed by atoms with Gasteiger partial charge in [-0.25, -0.2) is 0 Å². The minimum Gasteiger partial charge on any atom is -0.304 e. The second-order valence-corrected chi connectivity index (χ2v) is 6.02. The van der Waals surface area contributed by atoms with Crippen molar-refractivity contribution in [3.63, 3.8) is 0 Å². The molecule has 0 spiro atoms. The molecule has 1 aromatic carbocycles. The molecule has 5 heteroatoms. The van der Waals surface area contributed by atoms with E-state index >= 15 is 0 Å². The number of rotatable bonds is 5. The predicted octanol–water partition coefficient (Wildman–Crippen LogP) is 4.48. The molecule has 0 aliphatic heterocycles. The third-order valence-electron chi connectivity index (χ3n) is 3.40. The summed E-state index contributed by atoms with van der Waals surface area (Å²) in [4.78, 5) is 0. The molecule has 1 atom stereocenters. The molecule has 2 rings (SSSR count). The van der Waals surface area contributed by atoms with Crippen molar-refractivity contribution in [2.75, 3.05) is 0 Å². The summed E-state index contributed by atoms with van der Waals surface area (Å²) in [5.74, 6) is 0. The molecule has 0 aliphatic carbocycles. The van der Waals surface area contributed by atoms with Crippen LogP contribution < -0.4 is 5.32 Å². The molecule has 0 saturated heterocycles. The van der Waals surface area contributed by atoms with E-state index in [0.717, 1.165) is 27.4 Å². The van der Waals surface area contributed by atoms with Crippen molar-refractivity contribution in [3.05, 3.63) is 50.7 Å². The average molecular weight is 357 g/mol. The van der Waals surface area contributed by atoms with Gasteiger partial charge in [-0.3, -0.25) is 4.68 Å². The van der Waals surface area contributed by atoms with Crippen LogP contribution in [0.2, 0.25) is 5.02 Å². The lowest BCUT2D eigenvalue weighted by atomic mass is 10.1. The highest BCUT2D eigenvalue weighted by molar-refractivity contribution is 9.10. The third-order valence-corrected chi connectivity index (χ3v) is 4.61. The molecule has 0 amide bonds. The van der Waals surface area contributed by atoms with E-state index in [4.69, 9.17) is 11.6 Å². The molecular formula is C15H19BrClN3. The standard InChI is InChI=1S/C15H19BrClN3/c1-4-20-14(15(17)11(3)19-20)9-18-10(2)12-7-5-6-8-13(12)16/h5-8,10,18H,4,9H2,1-3H3/t10-/m1/s1. The van der Waals surface area contributed by atoms with Gasteiger partial charge in [-0.2, -0.15) is 5.10 Å². The zero-order chi connectivity index (χ0) is 14.7. The van der Waals surface area contributed by atoms with E-state index in [1.54, 1.807) is 0 Å². The molecule has 0 saturated carbocycles. The van der Waals surface area contributed by atoms with Crippen molar-refractivity contribution >= 4 is 27.5 Å². The molecule has 0 radical (unpaired) electrons. The average Bonchev–Trinajstić information content (AvgIpc) is 2.72.